The van der Waals surface area contributed by atoms with E-state index < -0.39 is 0 Å². The standard InChI is InChI=1S/C14H20N2O3/c1-2-15-6-5-14(17)16-10-11-3-4-12-13(9-11)19-8-7-18-12/h3-4,9,15H,2,5-8,10H2,1H3,(H,16,17). The minimum absolute atomic E-state index is 0.0517. The Bertz CT molecular complexity index is 435. The largest absolute Gasteiger partial charge is 0.486 e. The maximum absolute atomic E-state index is 11.6. The third-order valence-corrected chi connectivity index (χ3v) is 2.88. The Labute approximate surface area is 113 Å². The van der Waals surface area contributed by atoms with Gasteiger partial charge in [0, 0.05) is 19.5 Å². The van der Waals surface area contributed by atoms with E-state index in [4.69, 9.17) is 9.47 Å². The molecule has 0 bridgehead atoms. The molecule has 104 valence electrons. The fourth-order valence-corrected chi connectivity index (χ4v) is 1.87. The highest BCUT2D eigenvalue weighted by Gasteiger charge is 2.11. The predicted octanol–water partition coefficient (Wildman–Crippen LogP) is 1.07. The second-order valence-corrected chi connectivity index (χ2v) is 4.36. The summed E-state index contributed by atoms with van der Waals surface area (Å²) in [6.45, 7) is 5.30. The maximum atomic E-state index is 11.6. The summed E-state index contributed by atoms with van der Waals surface area (Å²) in [5, 5.41) is 6.01. The number of carbonyl (C=O) groups is 1. The van der Waals surface area contributed by atoms with Crippen molar-refractivity contribution >= 4 is 5.91 Å². The van der Waals surface area contributed by atoms with Crippen LogP contribution in [0.15, 0.2) is 18.2 Å². The average Bonchev–Trinajstić information content (AvgIpc) is 2.45. The molecule has 0 saturated carbocycles. The van der Waals surface area contributed by atoms with Crippen LogP contribution in [0.4, 0.5) is 0 Å². The van der Waals surface area contributed by atoms with Crippen LogP contribution in [-0.2, 0) is 11.3 Å². The topological polar surface area (TPSA) is 59.6 Å². The van der Waals surface area contributed by atoms with E-state index in [0.29, 0.717) is 32.7 Å². The molecule has 0 saturated heterocycles. The van der Waals surface area contributed by atoms with Crippen molar-refractivity contribution in [2.75, 3.05) is 26.3 Å². The SMILES string of the molecule is CCNCCC(=O)NCc1ccc2c(c1)OCCO2. The molecule has 1 heterocycles. The van der Waals surface area contributed by atoms with Crippen LogP contribution in [0.1, 0.15) is 18.9 Å². The molecule has 0 atom stereocenters. The molecule has 0 spiro atoms. The summed E-state index contributed by atoms with van der Waals surface area (Å²) in [6.07, 6.45) is 0.498. The molecule has 1 aromatic carbocycles. The first-order valence-corrected chi connectivity index (χ1v) is 6.65. The second-order valence-electron chi connectivity index (χ2n) is 4.36. The molecule has 0 radical (unpaired) electrons. The molecule has 19 heavy (non-hydrogen) atoms. The van der Waals surface area contributed by atoms with Gasteiger partial charge in [0.05, 0.1) is 0 Å². The van der Waals surface area contributed by atoms with Gasteiger partial charge < -0.3 is 20.1 Å². The zero-order chi connectivity index (χ0) is 13.5. The molecule has 0 aliphatic carbocycles. The van der Waals surface area contributed by atoms with Crippen molar-refractivity contribution in [2.24, 2.45) is 0 Å². The Morgan fingerprint density at radius 3 is 2.84 bits per heavy atom. The van der Waals surface area contributed by atoms with Gasteiger partial charge in [0.2, 0.25) is 5.91 Å². The smallest absolute Gasteiger partial charge is 0.221 e. The van der Waals surface area contributed by atoms with Crippen LogP contribution in [0.25, 0.3) is 0 Å². The molecule has 5 heteroatoms. The molecule has 5 nitrogen and oxygen atoms in total. The van der Waals surface area contributed by atoms with E-state index in [1.165, 1.54) is 0 Å². The fraction of sp³-hybridized carbons (Fsp3) is 0.500. The number of carbonyl (C=O) groups excluding carboxylic acids is 1. The van der Waals surface area contributed by atoms with Gasteiger partial charge in [0.25, 0.3) is 0 Å². The molecule has 2 rings (SSSR count). The lowest BCUT2D eigenvalue weighted by Crippen LogP contribution is -2.27. The van der Waals surface area contributed by atoms with Crippen LogP contribution >= 0.6 is 0 Å². The van der Waals surface area contributed by atoms with Crippen LogP contribution in [0.2, 0.25) is 0 Å². The first-order valence-electron chi connectivity index (χ1n) is 6.65. The van der Waals surface area contributed by atoms with Crippen LogP contribution in [0.5, 0.6) is 11.5 Å². The fourth-order valence-electron chi connectivity index (χ4n) is 1.87. The van der Waals surface area contributed by atoms with Gasteiger partial charge in [-0.2, -0.15) is 0 Å². The number of nitrogens with one attached hydrogen (secondary N) is 2. The third kappa shape index (κ3) is 4.13. The zero-order valence-corrected chi connectivity index (χ0v) is 11.2. The molecule has 1 aliphatic rings. The van der Waals surface area contributed by atoms with E-state index in [9.17, 15) is 4.79 Å². The molecule has 1 aromatic rings. The number of hydrogen-bond donors (Lipinski definition) is 2. The van der Waals surface area contributed by atoms with E-state index in [1.54, 1.807) is 0 Å². The van der Waals surface area contributed by atoms with Gasteiger partial charge in [-0.25, -0.2) is 0 Å². The van der Waals surface area contributed by atoms with Crippen LogP contribution in [0.3, 0.4) is 0 Å². The average molecular weight is 264 g/mol. The zero-order valence-electron chi connectivity index (χ0n) is 11.2. The normalized spacial score (nSPS) is 13.1. The highest BCUT2D eigenvalue weighted by atomic mass is 16.6. The van der Waals surface area contributed by atoms with E-state index in [0.717, 1.165) is 23.6 Å². The molecule has 1 aliphatic heterocycles. The predicted molar refractivity (Wildman–Crippen MR) is 72.4 cm³/mol. The second kappa shape index (κ2) is 6.99. The molecule has 1 amide bonds. The number of ether oxygens (including phenoxy) is 2. The Hall–Kier alpha value is -1.75. The number of amides is 1. The summed E-state index contributed by atoms with van der Waals surface area (Å²) >= 11 is 0. The van der Waals surface area contributed by atoms with Gasteiger partial charge in [-0.05, 0) is 24.2 Å². The summed E-state index contributed by atoms with van der Waals surface area (Å²) in [5.74, 6) is 1.58. The quantitative estimate of drug-likeness (QED) is 0.755. The number of hydrogen-bond acceptors (Lipinski definition) is 4. The third-order valence-electron chi connectivity index (χ3n) is 2.88. The molecule has 0 unspecified atom stereocenters. The van der Waals surface area contributed by atoms with Crippen molar-refractivity contribution in [2.45, 2.75) is 19.9 Å². The van der Waals surface area contributed by atoms with Gasteiger partial charge in [-0.1, -0.05) is 13.0 Å². The first kappa shape index (κ1) is 13.7. The van der Waals surface area contributed by atoms with Crippen LogP contribution < -0.4 is 20.1 Å². The molecular formula is C14H20N2O3. The molecule has 0 aromatic heterocycles. The van der Waals surface area contributed by atoms with Crippen LogP contribution in [0, 0.1) is 0 Å². The summed E-state index contributed by atoms with van der Waals surface area (Å²) in [7, 11) is 0. The van der Waals surface area contributed by atoms with E-state index in [-0.39, 0.29) is 5.91 Å². The van der Waals surface area contributed by atoms with Crippen LogP contribution in [-0.4, -0.2) is 32.2 Å². The number of benzene rings is 1. The lowest BCUT2D eigenvalue weighted by molar-refractivity contribution is -0.121. The minimum Gasteiger partial charge on any atom is -0.486 e. The Balaban J connectivity index is 1.81. The highest BCUT2D eigenvalue weighted by Crippen LogP contribution is 2.30. The molecule has 0 fully saturated rings. The molecule has 2 N–H and O–H groups in total. The lowest BCUT2D eigenvalue weighted by Gasteiger charge is -2.19. The van der Waals surface area contributed by atoms with Crippen molar-refractivity contribution in [1.29, 1.82) is 0 Å². The summed E-state index contributed by atoms with van der Waals surface area (Å²) in [6, 6.07) is 5.74. The number of fused-ring (bicyclic) bond motifs is 1. The van der Waals surface area contributed by atoms with Gasteiger partial charge in [-0.15, -0.1) is 0 Å². The maximum Gasteiger partial charge on any atom is 0.221 e. The highest BCUT2D eigenvalue weighted by molar-refractivity contribution is 5.76. The van der Waals surface area contributed by atoms with E-state index in [1.807, 2.05) is 25.1 Å². The Morgan fingerprint density at radius 1 is 1.26 bits per heavy atom. The van der Waals surface area contributed by atoms with Gasteiger partial charge in [-0.3, -0.25) is 4.79 Å². The van der Waals surface area contributed by atoms with Gasteiger partial charge >= 0.3 is 0 Å². The number of rotatable bonds is 6. The molecular weight excluding hydrogens is 244 g/mol. The Morgan fingerprint density at radius 2 is 2.05 bits per heavy atom. The summed E-state index contributed by atoms with van der Waals surface area (Å²) in [5.41, 5.74) is 1.01. The van der Waals surface area contributed by atoms with Gasteiger partial charge in [0.15, 0.2) is 11.5 Å². The summed E-state index contributed by atoms with van der Waals surface area (Å²) < 4.78 is 11.0. The van der Waals surface area contributed by atoms with E-state index >= 15 is 0 Å². The van der Waals surface area contributed by atoms with Crippen molar-refractivity contribution in [3.05, 3.63) is 23.8 Å². The first-order chi connectivity index (χ1) is 9.29. The van der Waals surface area contributed by atoms with Crippen molar-refractivity contribution in [1.82, 2.24) is 10.6 Å². The monoisotopic (exact) mass is 264 g/mol. The van der Waals surface area contributed by atoms with Crippen molar-refractivity contribution < 1.29 is 14.3 Å². The van der Waals surface area contributed by atoms with E-state index in [2.05, 4.69) is 10.6 Å². The summed E-state index contributed by atoms with van der Waals surface area (Å²) in [4.78, 5) is 11.6. The van der Waals surface area contributed by atoms with Crippen molar-refractivity contribution in [3.63, 3.8) is 0 Å². The lowest BCUT2D eigenvalue weighted by atomic mass is 10.2. The van der Waals surface area contributed by atoms with Crippen molar-refractivity contribution in [3.8, 4) is 11.5 Å². The minimum atomic E-state index is 0.0517. The Kier molecular flexibility index (Phi) is 5.03. The van der Waals surface area contributed by atoms with Gasteiger partial charge in [0.1, 0.15) is 13.2 Å².